The van der Waals surface area contributed by atoms with E-state index >= 15 is 0 Å². The van der Waals surface area contributed by atoms with E-state index in [4.69, 9.17) is 18.9 Å². The van der Waals surface area contributed by atoms with E-state index < -0.39 is 36.7 Å². The van der Waals surface area contributed by atoms with E-state index in [1.165, 1.54) is 0 Å². The van der Waals surface area contributed by atoms with Crippen molar-refractivity contribution in [2.24, 2.45) is 5.11 Å². The summed E-state index contributed by atoms with van der Waals surface area (Å²) in [5.74, 6) is -0.309. The minimum absolute atomic E-state index is 0.208. The van der Waals surface area contributed by atoms with Gasteiger partial charge in [0, 0.05) is 18.1 Å². The van der Waals surface area contributed by atoms with Crippen LogP contribution in [-0.4, -0.2) is 54.4 Å². The lowest BCUT2D eigenvalue weighted by atomic mass is 9.98. The highest BCUT2D eigenvalue weighted by Crippen LogP contribution is 2.28. The van der Waals surface area contributed by atoms with Crippen LogP contribution in [-0.2, 0) is 43.5 Å². The number of ether oxygens (including phenoxy) is 4. The molecule has 6 atom stereocenters. The summed E-state index contributed by atoms with van der Waals surface area (Å²) in [6.45, 7) is 3.10. The Morgan fingerprint density at radius 3 is 2.34 bits per heavy atom. The van der Waals surface area contributed by atoms with Crippen LogP contribution in [0.1, 0.15) is 42.9 Å². The molecule has 1 fully saturated rings. The maximum absolute atomic E-state index is 13.0. The quantitative estimate of drug-likeness (QED) is 0.0464. The number of fused-ring (bicyclic) bond motifs is 1. The van der Waals surface area contributed by atoms with Gasteiger partial charge in [-0.05, 0) is 65.2 Å². The predicted molar refractivity (Wildman–Crippen MR) is 179 cm³/mol. The molecule has 0 aliphatic carbocycles. The first-order chi connectivity index (χ1) is 23.0. The van der Waals surface area contributed by atoms with Crippen LogP contribution < -0.4 is 5.32 Å². The molecule has 0 radical (unpaired) electrons. The number of hydrogen-bond donors (Lipinski definition) is 2. The number of azide groups is 1. The summed E-state index contributed by atoms with van der Waals surface area (Å²) in [6.07, 6.45) is -1.45. The topological polar surface area (TPSA) is 135 Å². The lowest BCUT2D eigenvalue weighted by molar-refractivity contribution is -0.265. The van der Waals surface area contributed by atoms with Crippen LogP contribution in [0.3, 0.4) is 0 Å². The average Bonchev–Trinajstić information content (AvgIpc) is 3.10. The molecule has 246 valence electrons. The third-order valence-electron chi connectivity index (χ3n) is 8.29. The molecule has 1 aliphatic heterocycles. The van der Waals surface area contributed by atoms with Crippen molar-refractivity contribution in [3.63, 3.8) is 0 Å². The van der Waals surface area contributed by atoms with Gasteiger partial charge in [0.05, 0.1) is 18.8 Å². The van der Waals surface area contributed by atoms with Crippen LogP contribution in [0.2, 0.25) is 0 Å². The zero-order chi connectivity index (χ0) is 32.8. The number of nitrogens with one attached hydrogen (secondary N) is 1. The van der Waals surface area contributed by atoms with Crippen molar-refractivity contribution in [2.75, 3.05) is 6.61 Å². The smallest absolute Gasteiger partial charge is 0.323 e. The Morgan fingerprint density at radius 2 is 1.60 bits per heavy atom. The van der Waals surface area contributed by atoms with Crippen molar-refractivity contribution in [3.8, 4) is 0 Å². The Morgan fingerprint density at radius 1 is 0.894 bits per heavy atom. The SMILES string of the molecule is C[C@H]1O[C@@H](OCCCCC(NCc2ccccc2)C(=O)OCc2ccccc2)[C@H](N=[N+]=[N-])[C@@H](O)[C@H]1OCc1ccc2ccccc2c1. The molecule has 1 saturated heterocycles. The molecular formula is C37H42N4O6. The van der Waals surface area contributed by atoms with Gasteiger partial charge >= 0.3 is 5.97 Å². The summed E-state index contributed by atoms with van der Waals surface area (Å²) in [7, 11) is 0. The number of carbonyl (C=O) groups excluding carboxylic acids is 1. The first kappa shape index (κ1) is 34.1. The van der Waals surface area contributed by atoms with E-state index in [-0.39, 0.29) is 25.8 Å². The van der Waals surface area contributed by atoms with Crippen LogP contribution >= 0.6 is 0 Å². The maximum Gasteiger partial charge on any atom is 0.323 e. The summed E-state index contributed by atoms with van der Waals surface area (Å²) in [4.78, 5) is 16.0. The number of benzene rings is 4. The van der Waals surface area contributed by atoms with E-state index in [2.05, 4.69) is 21.4 Å². The van der Waals surface area contributed by atoms with Gasteiger partial charge in [0.2, 0.25) is 0 Å². The molecule has 0 spiro atoms. The van der Waals surface area contributed by atoms with E-state index in [9.17, 15) is 15.4 Å². The lowest BCUT2D eigenvalue weighted by Gasteiger charge is -2.41. The molecule has 5 rings (SSSR count). The Balaban J connectivity index is 1.11. The molecule has 0 bridgehead atoms. The number of aliphatic hydroxyl groups excluding tert-OH is 1. The molecule has 47 heavy (non-hydrogen) atoms. The third kappa shape index (κ3) is 9.86. The molecule has 10 heteroatoms. The van der Waals surface area contributed by atoms with Crippen molar-refractivity contribution in [1.29, 1.82) is 0 Å². The Labute approximate surface area is 275 Å². The summed E-state index contributed by atoms with van der Waals surface area (Å²) < 4.78 is 23.8. The highest BCUT2D eigenvalue weighted by molar-refractivity contribution is 5.83. The number of rotatable bonds is 16. The molecule has 4 aromatic carbocycles. The van der Waals surface area contributed by atoms with Crippen LogP contribution in [0.5, 0.6) is 0 Å². The predicted octanol–water partition coefficient (Wildman–Crippen LogP) is 6.60. The molecule has 1 heterocycles. The van der Waals surface area contributed by atoms with Crippen molar-refractivity contribution >= 4 is 16.7 Å². The average molecular weight is 639 g/mol. The fourth-order valence-corrected chi connectivity index (χ4v) is 5.70. The molecule has 1 unspecified atom stereocenters. The van der Waals surface area contributed by atoms with Gasteiger partial charge in [-0.3, -0.25) is 4.79 Å². The highest BCUT2D eigenvalue weighted by atomic mass is 16.7. The van der Waals surface area contributed by atoms with Crippen molar-refractivity contribution in [1.82, 2.24) is 5.32 Å². The maximum atomic E-state index is 13.0. The Bertz CT molecular complexity index is 1600. The summed E-state index contributed by atoms with van der Waals surface area (Å²) in [5.41, 5.74) is 12.2. The summed E-state index contributed by atoms with van der Waals surface area (Å²) >= 11 is 0. The number of esters is 1. The van der Waals surface area contributed by atoms with Crippen LogP contribution in [0.4, 0.5) is 0 Å². The Hall–Kier alpha value is -4.28. The van der Waals surface area contributed by atoms with Gasteiger partial charge in [0.25, 0.3) is 0 Å². The molecule has 1 aliphatic rings. The fraction of sp³-hybridized carbons (Fsp3) is 0.378. The van der Waals surface area contributed by atoms with Gasteiger partial charge < -0.3 is 29.4 Å². The Kier molecular flexibility index (Phi) is 12.7. The van der Waals surface area contributed by atoms with Gasteiger partial charge in [-0.2, -0.15) is 0 Å². The summed E-state index contributed by atoms with van der Waals surface area (Å²) in [5, 5.41) is 20.5. The number of hydrogen-bond acceptors (Lipinski definition) is 8. The number of nitrogens with zero attached hydrogens (tertiary/aromatic N) is 3. The second-order valence-electron chi connectivity index (χ2n) is 11.7. The van der Waals surface area contributed by atoms with Gasteiger partial charge in [0.1, 0.15) is 24.8 Å². The first-order valence-electron chi connectivity index (χ1n) is 16.1. The molecule has 10 nitrogen and oxygen atoms in total. The van der Waals surface area contributed by atoms with Crippen molar-refractivity contribution < 1.29 is 28.8 Å². The van der Waals surface area contributed by atoms with Crippen LogP contribution in [0.15, 0.2) is 108 Å². The van der Waals surface area contributed by atoms with E-state index in [1.54, 1.807) is 6.92 Å². The largest absolute Gasteiger partial charge is 0.460 e. The van der Waals surface area contributed by atoms with E-state index in [0.29, 0.717) is 25.8 Å². The monoisotopic (exact) mass is 638 g/mol. The first-order valence-corrected chi connectivity index (χ1v) is 16.1. The lowest BCUT2D eigenvalue weighted by Crippen LogP contribution is -2.57. The minimum atomic E-state index is -1.12. The van der Waals surface area contributed by atoms with E-state index in [0.717, 1.165) is 27.5 Å². The zero-order valence-corrected chi connectivity index (χ0v) is 26.6. The second kappa shape index (κ2) is 17.6. The van der Waals surface area contributed by atoms with Gasteiger partial charge in [-0.15, -0.1) is 0 Å². The fourth-order valence-electron chi connectivity index (χ4n) is 5.70. The molecule has 0 aromatic heterocycles. The van der Waals surface area contributed by atoms with E-state index in [1.807, 2.05) is 97.1 Å². The molecule has 4 aromatic rings. The van der Waals surface area contributed by atoms with Gasteiger partial charge in [-0.25, -0.2) is 0 Å². The van der Waals surface area contributed by atoms with Gasteiger partial charge in [0.15, 0.2) is 6.29 Å². The minimum Gasteiger partial charge on any atom is -0.460 e. The van der Waals surface area contributed by atoms with Crippen LogP contribution in [0.25, 0.3) is 21.2 Å². The van der Waals surface area contributed by atoms with Crippen molar-refractivity contribution in [3.05, 3.63) is 130 Å². The number of carbonyl (C=O) groups is 1. The molecule has 2 N–H and O–H groups in total. The standard InChI is InChI=1S/C37H42N4O6/c1-26-35(45-25-29-19-20-30-16-8-9-17-31(30)22-29)34(42)33(40-41-38)37(47-26)44-21-11-10-18-32(39-23-27-12-4-2-5-13-27)36(43)46-24-28-14-6-3-7-15-28/h2-9,12-17,19-20,22,26,32-35,37,39,42H,10-11,18,21,23-25H2,1H3/t26-,32?,33-,34-,35+,37-/m1/s1. The highest BCUT2D eigenvalue weighted by Gasteiger charge is 2.44. The zero-order valence-electron chi connectivity index (χ0n) is 26.6. The van der Waals surface area contributed by atoms with Gasteiger partial charge in [-0.1, -0.05) is 102 Å². The number of unbranched alkanes of at least 4 members (excludes halogenated alkanes) is 1. The van der Waals surface area contributed by atoms with Crippen LogP contribution in [0, 0.1) is 0 Å². The van der Waals surface area contributed by atoms with Crippen molar-refractivity contribution in [2.45, 2.75) is 82.6 Å². The number of aliphatic hydroxyl groups is 1. The third-order valence-corrected chi connectivity index (χ3v) is 8.29. The molecule has 0 amide bonds. The molecule has 0 saturated carbocycles. The summed E-state index contributed by atoms with van der Waals surface area (Å²) in [6, 6.07) is 32.2. The normalized spacial score (nSPS) is 21.5. The molecular weight excluding hydrogens is 596 g/mol. The second-order valence-corrected chi connectivity index (χ2v) is 11.7.